The third-order valence-corrected chi connectivity index (χ3v) is 3.62. The molecule has 0 aliphatic heterocycles. The Labute approximate surface area is 124 Å². The topological polar surface area (TPSA) is 70.7 Å². The van der Waals surface area contributed by atoms with Crippen molar-refractivity contribution in [2.75, 3.05) is 12.3 Å². The van der Waals surface area contributed by atoms with E-state index in [1.165, 1.54) is 18.1 Å². The van der Waals surface area contributed by atoms with Crippen molar-refractivity contribution in [1.29, 1.82) is 0 Å². The number of hydrogen-bond acceptors (Lipinski definition) is 4. The van der Waals surface area contributed by atoms with Crippen LogP contribution in [0.25, 0.3) is 0 Å². The molecule has 1 aromatic carbocycles. The standard InChI is InChI=1S/C11H10Cl2N4OS/c12-7-1-2-8(9(13)5-7)10(18)14-3-4-19-11-15-6-16-17-11/h1-2,5-6H,3-4H2,(H,14,18)(H,15,16,17). The number of aromatic nitrogens is 3. The quantitative estimate of drug-likeness (QED) is 0.657. The molecule has 2 N–H and O–H groups in total. The van der Waals surface area contributed by atoms with Gasteiger partial charge in [0.1, 0.15) is 6.33 Å². The molecule has 0 bridgehead atoms. The molecule has 0 aliphatic carbocycles. The Balaban J connectivity index is 1.81. The van der Waals surface area contributed by atoms with Crippen molar-refractivity contribution < 1.29 is 4.79 Å². The largest absolute Gasteiger partial charge is 0.351 e. The van der Waals surface area contributed by atoms with Gasteiger partial charge in [-0.25, -0.2) is 4.98 Å². The summed E-state index contributed by atoms with van der Waals surface area (Å²) in [6.45, 7) is 0.503. The van der Waals surface area contributed by atoms with Crippen molar-refractivity contribution in [2.24, 2.45) is 0 Å². The van der Waals surface area contributed by atoms with Crippen molar-refractivity contribution >= 4 is 40.9 Å². The van der Waals surface area contributed by atoms with Gasteiger partial charge in [0.2, 0.25) is 0 Å². The molecule has 0 atom stereocenters. The molecule has 1 heterocycles. The number of carbonyl (C=O) groups is 1. The summed E-state index contributed by atoms with van der Waals surface area (Å²) in [7, 11) is 0. The van der Waals surface area contributed by atoms with E-state index in [9.17, 15) is 4.79 Å². The van der Waals surface area contributed by atoms with Crippen LogP contribution in [0.5, 0.6) is 0 Å². The molecule has 0 saturated heterocycles. The fourth-order valence-electron chi connectivity index (χ4n) is 1.34. The smallest absolute Gasteiger partial charge is 0.252 e. The Morgan fingerprint density at radius 2 is 2.26 bits per heavy atom. The molecule has 100 valence electrons. The van der Waals surface area contributed by atoms with E-state index in [2.05, 4.69) is 20.5 Å². The van der Waals surface area contributed by atoms with Crippen molar-refractivity contribution in [3.8, 4) is 0 Å². The van der Waals surface area contributed by atoms with E-state index in [0.29, 0.717) is 27.9 Å². The molecule has 0 radical (unpaired) electrons. The minimum atomic E-state index is -0.222. The van der Waals surface area contributed by atoms with Gasteiger partial charge in [0.05, 0.1) is 10.6 Å². The van der Waals surface area contributed by atoms with Gasteiger partial charge >= 0.3 is 0 Å². The summed E-state index contributed by atoms with van der Waals surface area (Å²) in [6, 6.07) is 4.77. The van der Waals surface area contributed by atoms with Crippen molar-refractivity contribution in [3.05, 3.63) is 40.1 Å². The zero-order chi connectivity index (χ0) is 13.7. The van der Waals surface area contributed by atoms with Crippen LogP contribution in [-0.4, -0.2) is 33.4 Å². The van der Waals surface area contributed by atoms with Crippen LogP contribution in [0.3, 0.4) is 0 Å². The van der Waals surface area contributed by atoms with Crippen molar-refractivity contribution in [2.45, 2.75) is 5.16 Å². The van der Waals surface area contributed by atoms with Crippen LogP contribution in [0.15, 0.2) is 29.7 Å². The first-order valence-corrected chi connectivity index (χ1v) is 7.12. The number of hydrogen-bond donors (Lipinski definition) is 2. The van der Waals surface area contributed by atoms with E-state index in [0.717, 1.165) is 5.16 Å². The summed E-state index contributed by atoms with van der Waals surface area (Å²) in [6.07, 6.45) is 1.44. The minimum absolute atomic E-state index is 0.222. The summed E-state index contributed by atoms with van der Waals surface area (Å²) in [5, 5.41) is 10.8. The predicted octanol–water partition coefficient (Wildman–Crippen LogP) is 2.63. The van der Waals surface area contributed by atoms with E-state index in [-0.39, 0.29) is 5.91 Å². The highest BCUT2D eigenvalue weighted by Crippen LogP contribution is 2.20. The Morgan fingerprint density at radius 3 is 2.95 bits per heavy atom. The second kappa shape index (κ2) is 6.79. The monoisotopic (exact) mass is 316 g/mol. The number of halogens is 2. The summed E-state index contributed by atoms with van der Waals surface area (Å²) in [5.41, 5.74) is 0.413. The van der Waals surface area contributed by atoms with Crippen molar-refractivity contribution in [3.63, 3.8) is 0 Å². The number of carbonyl (C=O) groups excluding carboxylic acids is 1. The summed E-state index contributed by atoms with van der Waals surface area (Å²) in [4.78, 5) is 15.8. The molecule has 2 rings (SSSR count). The van der Waals surface area contributed by atoms with Gasteiger partial charge in [-0.05, 0) is 18.2 Å². The number of H-pyrrole nitrogens is 1. The number of nitrogens with one attached hydrogen (secondary N) is 2. The van der Waals surface area contributed by atoms with E-state index in [1.54, 1.807) is 18.2 Å². The molecule has 0 spiro atoms. The van der Waals surface area contributed by atoms with Gasteiger partial charge in [-0.2, -0.15) is 5.10 Å². The van der Waals surface area contributed by atoms with Gasteiger partial charge in [-0.1, -0.05) is 35.0 Å². The zero-order valence-electron chi connectivity index (χ0n) is 9.69. The average molecular weight is 317 g/mol. The normalized spacial score (nSPS) is 10.4. The van der Waals surface area contributed by atoms with Gasteiger partial charge in [-0.15, -0.1) is 0 Å². The van der Waals surface area contributed by atoms with Gasteiger partial charge in [0.15, 0.2) is 5.16 Å². The van der Waals surface area contributed by atoms with E-state index in [4.69, 9.17) is 23.2 Å². The lowest BCUT2D eigenvalue weighted by atomic mass is 10.2. The fourth-order valence-corrected chi connectivity index (χ4v) is 2.48. The molecule has 19 heavy (non-hydrogen) atoms. The molecular formula is C11H10Cl2N4OS. The van der Waals surface area contributed by atoms with Gasteiger partial charge < -0.3 is 5.32 Å². The first kappa shape index (κ1) is 14.2. The van der Waals surface area contributed by atoms with Crippen LogP contribution in [-0.2, 0) is 0 Å². The number of amides is 1. The highest BCUT2D eigenvalue weighted by molar-refractivity contribution is 7.99. The van der Waals surface area contributed by atoms with Gasteiger partial charge in [0.25, 0.3) is 5.91 Å². The second-order valence-electron chi connectivity index (χ2n) is 3.52. The van der Waals surface area contributed by atoms with Crippen LogP contribution in [0.1, 0.15) is 10.4 Å². The second-order valence-corrected chi connectivity index (χ2v) is 5.45. The zero-order valence-corrected chi connectivity index (χ0v) is 12.0. The third kappa shape index (κ3) is 4.12. The molecule has 1 aromatic heterocycles. The molecular weight excluding hydrogens is 307 g/mol. The SMILES string of the molecule is O=C(NCCSc1ncn[nH]1)c1ccc(Cl)cc1Cl. The van der Waals surface area contributed by atoms with Crippen LogP contribution in [0.4, 0.5) is 0 Å². The highest BCUT2D eigenvalue weighted by atomic mass is 35.5. The maximum atomic E-state index is 11.9. The predicted molar refractivity (Wildman–Crippen MR) is 75.9 cm³/mol. The molecule has 0 fully saturated rings. The maximum Gasteiger partial charge on any atom is 0.252 e. The lowest BCUT2D eigenvalue weighted by molar-refractivity contribution is 0.0956. The average Bonchev–Trinajstić information content (AvgIpc) is 2.87. The lowest BCUT2D eigenvalue weighted by Crippen LogP contribution is -2.26. The third-order valence-electron chi connectivity index (χ3n) is 2.20. The molecule has 8 heteroatoms. The molecule has 0 unspecified atom stereocenters. The minimum Gasteiger partial charge on any atom is -0.351 e. The molecule has 0 aliphatic rings. The first-order valence-electron chi connectivity index (χ1n) is 5.38. The summed E-state index contributed by atoms with van der Waals surface area (Å²) < 4.78 is 0. The molecule has 0 saturated carbocycles. The van der Waals surface area contributed by atoms with Gasteiger partial charge in [0, 0.05) is 17.3 Å². The molecule has 1 amide bonds. The number of rotatable bonds is 5. The first-order chi connectivity index (χ1) is 9.16. The number of thioether (sulfide) groups is 1. The van der Waals surface area contributed by atoms with E-state index >= 15 is 0 Å². The van der Waals surface area contributed by atoms with Crippen LogP contribution in [0, 0.1) is 0 Å². The maximum absolute atomic E-state index is 11.9. The van der Waals surface area contributed by atoms with Crippen molar-refractivity contribution in [1.82, 2.24) is 20.5 Å². The Hall–Kier alpha value is -1.24. The highest BCUT2D eigenvalue weighted by Gasteiger charge is 2.10. The van der Waals surface area contributed by atoms with Crippen LogP contribution in [0.2, 0.25) is 10.0 Å². The lowest BCUT2D eigenvalue weighted by Gasteiger charge is -2.06. The number of benzene rings is 1. The van der Waals surface area contributed by atoms with E-state index < -0.39 is 0 Å². The number of aromatic amines is 1. The summed E-state index contributed by atoms with van der Waals surface area (Å²) in [5.74, 6) is 0.464. The molecule has 5 nitrogen and oxygen atoms in total. The van der Waals surface area contributed by atoms with Crippen LogP contribution >= 0.6 is 35.0 Å². The van der Waals surface area contributed by atoms with Crippen LogP contribution < -0.4 is 5.32 Å². The molecule has 2 aromatic rings. The fraction of sp³-hybridized carbons (Fsp3) is 0.182. The Morgan fingerprint density at radius 1 is 1.42 bits per heavy atom. The van der Waals surface area contributed by atoms with Gasteiger partial charge in [-0.3, -0.25) is 9.89 Å². The summed E-state index contributed by atoms with van der Waals surface area (Å²) >= 11 is 13.2. The Kier molecular flexibility index (Phi) is 5.07. The van der Waals surface area contributed by atoms with E-state index in [1.807, 2.05) is 0 Å². The number of nitrogens with zero attached hydrogens (tertiary/aromatic N) is 2. The Bertz CT molecular complexity index is 562.